The number of hydrogen-bond donors (Lipinski definition) is 1. The number of para-hydroxylation sites is 1. The number of nitrogens with one attached hydrogen (secondary N) is 1. The van der Waals surface area contributed by atoms with E-state index in [2.05, 4.69) is 19.9 Å². The lowest BCUT2D eigenvalue weighted by molar-refractivity contribution is -0.136. The number of aryl methyl sites for hydroxylation is 1. The Kier molecular flexibility index (Phi) is 5.05. The quantitative estimate of drug-likeness (QED) is 0.418. The Bertz CT molecular complexity index is 1220. The highest BCUT2D eigenvalue weighted by Crippen LogP contribution is 2.28. The molecule has 0 fully saturated rings. The molecule has 0 unspecified atom stereocenters. The highest BCUT2D eigenvalue weighted by Gasteiger charge is 2.23. The predicted octanol–water partition coefficient (Wildman–Crippen LogP) is 2.84. The zero-order chi connectivity index (χ0) is 20.4. The number of ether oxygens (including phenoxy) is 1. The van der Waals surface area contributed by atoms with Crippen LogP contribution in [-0.4, -0.2) is 40.1 Å². The Morgan fingerprint density at radius 2 is 1.76 bits per heavy atom. The Labute approximate surface area is 167 Å². The molecule has 7 heteroatoms. The number of pyridine rings is 1. The molecule has 0 saturated heterocycles. The van der Waals surface area contributed by atoms with Crippen molar-refractivity contribution in [3.8, 4) is 0 Å². The van der Waals surface area contributed by atoms with Crippen LogP contribution in [0.1, 0.15) is 21.9 Å². The molecule has 2 aromatic carbocycles. The summed E-state index contributed by atoms with van der Waals surface area (Å²) < 4.78 is 7.01. The minimum absolute atomic E-state index is 0.0399. The summed E-state index contributed by atoms with van der Waals surface area (Å²) in [6, 6.07) is 17.6. The van der Waals surface area contributed by atoms with Crippen molar-refractivity contribution in [1.29, 1.82) is 0 Å². The molecule has 1 N–H and O–H groups in total. The van der Waals surface area contributed by atoms with Gasteiger partial charge in [-0.2, -0.15) is 0 Å². The van der Waals surface area contributed by atoms with Crippen LogP contribution in [0.15, 0.2) is 54.6 Å². The lowest BCUT2D eigenvalue weighted by Crippen LogP contribution is -2.24. The number of hydrogen-bond acceptors (Lipinski definition) is 6. The number of carbonyl (C=O) groups excluding carboxylic acids is 2. The van der Waals surface area contributed by atoms with Crippen LogP contribution in [0.2, 0.25) is 0 Å². The molecule has 146 valence electrons. The molecular formula is C22H20N4O3. The van der Waals surface area contributed by atoms with Gasteiger partial charge in [0.2, 0.25) is 0 Å². The first-order valence-electron chi connectivity index (χ1n) is 9.27. The van der Waals surface area contributed by atoms with Gasteiger partial charge in [0.25, 0.3) is 0 Å². The number of aromatic nitrogens is 3. The third kappa shape index (κ3) is 3.60. The van der Waals surface area contributed by atoms with Gasteiger partial charge in [0, 0.05) is 11.9 Å². The van der Waals surface area contributed by atoms with Crippen molar-refractivity contribution in [2.75, 3.05) is 13.6 Å². The average molecular weight is 388 g/mol. The van der Waals surface area contributed by atoms with Crippen LogP contribution in [0.5, 0.6) is 0 Å². The molecular weight excluding hydrogens is 368 g/mol. The van der Waals surface area contributed by atoms with Crippen molar-refractivity contribution in [3.05, 3.63) is 71.7 Å². The molecule has 0 aliphatic heterocycles. The number of esters is 2. The van der Waals surface area contributed by atoms with Gasteiger partial charge >= 0.3 is 11.9 Å². The van der Waals surface area contributed by atoms with E-state index in [4.69, 9.17) is 4.74 Å². The molecule has 4 rings (SSSR count). The van der Waals surface area contributed by atoms with Crippen LogP contribution in [-0.2, 0) is 16.1 Å². The van der Waals surface area contributed by atoms with Gasteiger partial charge < -0.3 is 14.6 Å². The maximum absolute atomic E-state index is 12.7. The minimum atomic E-state index is -0.801. The Balaban J connectivity index is 1.90. The van der Waals surface area contributed by atoms with Crippen molar-refractivity contribution in [2.45, 2.75) is 13.5 Å². The largest absolute Gasteiger partial charge is 0.387 e. The van der Waals surface area contributed by atoms with Crippen molar-refractivity contribution in [1.82, 2.24) is 19.9 Å². The molecule has 0 radical (unpaired) electrons. The minimum Gasteiger partial charge on any atom is -0.387 e. The first-order valence-corrected chi connectivity index (χ1v) is 9.27. The number of benzene rings is 2. The Morgan fingerprint density at radius 3 is 2.52 bits per heavy atom. The molecule has 2 heterocycles. The zero-order valence-electron chi connectivity index (χ0n) is 16.2. The lowest BCUT2D eigenvalue weighted by Gasteiger charge is -2.10. The summed E-state index contributed by atoms with van der Waals surface area (Å²) in [6.07, 6.45) is 0. The van der Waals surface area contributed by atoms with Gasteiger partial charge in [-0.15, -0.1) is 0 Å². The second-order valence-corrected chi connectivity index (χ2v) is 6.70. The van der Waals surface area contributed by atoms with Gasteiger partial charge in [-0.3, -0.25) is 4.79 Å². The van der Waals surface area contributed by atoms with Crippen LogP contribution >= 0.6 is 0 Å². The van der Waals surface area contributed by atoms with Crippen LogP contribution in [0.4, 0.5) is 0 Å². The summed E-state index contributed by atoms with van der Waals surface area (Å²) >= 11 is 0. The molecule has 4 aromatic rings. The third-order valence-electron chi connectivity index (χ3n) is 4.68. The molecule has 0 spiro atoms. The third-order valence-corrected chi connectivity index (χ3v) is 4.68. The Morgan fingerprint density at radius 1 is 1.03 bits per heavy atom. The smallest absolute Gasteiger partial charge is 0.366 e. The normalized spacial score (nSPS) is 11.1. The first-order chi connectivity index (χ1) is 14.1. The van der Waals surface area contributed by atoms with Crippen molar-refractivity contribution >= 4 is 33.9 Å². The highest BCUT2D eigenvalue weighted by atomic mass is 16.6. The van der Waals surface area contributed by atoms with Crippen LogP contribution in [0, 0.1) is 6.92 Å². The zero-order valence-corrected chi connectivity index (χ0v) is 16.2. The highest BCUT2D eigenvalue weighted by molar-refractivity contribution is 6.12. The van der Waals surface area contributed by atoms with Crippen LogP contribution < -0.4 is 5.32 Å². The van der Waals surface area contributed by atoms with Crippen LogP contribution in [0.25, 0.3) is 21.9 Å². The summed E-state index contributed by atoms with van der Waals surface area (Å²) in [5.74, 6) is -0.718. The summed E-state index contributed by atoms with van der Waals surface area (Å²) in [7, 11) is 1.60. The molecule has 7 nitrogen and oxygen atoms in total. The Hall–Kier alpha value is -3.58. The predicted molar refractivity (Wildman–Crippen MR) is 110 cm³/mol. The van der Waals surface area contributed by atoms with E-state index in [0.29, 0.717) is 17.6 Å². The van der Waals surface area contributed by atoms with Gasteiger partial charge in [0.15, 0.2) is 5.69 Å². The molecule has 0 bridgehead atoms. The molecule has 2 aromatic heterocycles. The van der Waals surface area contributed by atoms with E-state index in [1.54, 1.807) is 7.05 Å². The fraction of sp³-hybridized carbons (Fsp3) is 0.182. The second-order valence-electron chi connectivity index (χ2n) is 6.70. The van der Waals surface area contributed by atoms with Crippen molar-refractivity contribution in [2.24, 2.45) is 0 Å². The summed E-state index contributed by atoms with van der Waals surface area (Å²) in [5.41, 5.74) is 3.02. The number of likely N-dealkylation sites (N-methyl/N-ethyl adjacent to an activating group) is 1. The number of imidazole rings is 1. The SMILES string of the molecule is CNCC(=O)OC(=O)c1nc2ccccc2c2c1nc(C)n2Cc1ccccc1. The van der Waals surface area contributed by atoms with E-state index >= 15 is 0 Å². The van der Waals surface area contributed by atoms with E-state index in [9.17, 15) is 9.59 Å². The average Bonchev–Trinajstić information content (AvgIpc) is 3.04. The monoisotopic (exact) mass is 388 g/mol. The first kappa shape index (κ1) is 18.8. The van der Waals surface area contributed by atoms with Gasteiger partial charge in [0.1, 0.15) is 11.3 Å². The van der Waals surface area contributed by atoms with Crippen LogP contribution in [0.3, 0.4) is 0 Å². The number of carbonyl (C=O) groups is 2. The van der Waals surface area contributed by atoms with E-state index in [0.717, 1.165) is 22.3 Å². The van der Waals surface area contributed by atoms with E-state index < -0.39 is 11.9 Å². The fourth-order valence-electron chi connectivity index (χ4n) is 3.38. The summed E-state index contributed by atoms with van der Waals surface area (Å²) in [4.78, 5) is 33.5. The fourth-order valence-corrected chi connectivity index (χ4v) is 3.38. The standard InChI is InChI=1S/C22H20N4O3/c1-14-24-19-20(22(28)29-18(27)12-23-2)25-17-11-7-6-10-16(17)21(19)26(14)13-15-8-4-3-5-9-15/h3-11,23H,12-13H2,1-2H3. The molecule has 0 aliphatic carbocycles. The summed E-state index contributed by atoms with van der Waals surface area (Å²) in [5, 5.41) is 3.55. The molecule has 0 atom stereocenters. The molecule has 0 amide bonds. The lowest BCUT2D eigenvalue weighted by atomic mass is 10.1. The maximum Gasteiger partial charge on any atom is 0.366 e. The molecule has 0 aliphatic rings. The van der Waals surface area contributed by atoms with Gasteiger partial charge in [-0.1, -0.05) is 48.5 Å². The number of nitrogens with zero attached hydrogens (tertiary/aromatic N) is 3. The summed E-state index contributed by atoms with van der Waals surface area (Å²) in [6.45, 7) is 2.42. The van der Waals surface area contributed by atoms with E-state index in [1.807, 2.05) is 61.5 Å². The van der Waals surface area contributed by atoms with Crippen molar-refractivity contribution in [3.63, 3.8) is 0 Å². The van der Waals surface area contributed by atoms with E-state index in [-0.39, 0.29) is 12.2 Å². The van der Waals surface area contributed by atoms with Gasteiger partial charge in [-0.05, 0) is 25.6 Å². The number of rotatable bonds is 5. The number of fused-ring (bicyclic) bond motifs is 3. The van der Waals surface area contributed by atoms with Gasteiger partial charge in [0.05, 0.1) is 17.6 Å². The van der Waals surface area contributed by atoms with Gasteiger partial charge in [-0.25, -0.2) is 14.8 Å². The molecule has 29 heavy (non-hydrogen) atoms. The van der Waals surface area contributed by atoms with E-state index in [1.165, 1.54) is 0 Å². The topological polar surface area (TPSA) is 86.1 Å². The second kappa shape index (κ2) is 7.81. The maximum atomic E-state index is 12.7. The van der Waals surface area contributed by atoms with Crippen molar-refractivity contribution < 1.29 is 14.3 Å². The molecule has 0 saturated carbocycles.